The summed E-state index contributed by atoms with van der Waals surface area (Å²) in [5, 5.41) is 0. The molecule has 1 unspecified atom stereocenters. The number of carbonyl (C=O) groups is 1. The zero-order chi connectivity index (χ0) is 20.5. The molecule has 0 saturated carbocycles. The molecule has 0 N–H and O–H groups in total. The Hall–Kier alpha value is -1.07. The number of ether oxygens (including phenoxy) is 3. The Morgan fingerprint density at radius 2 is 1.78 bits per heavy atom. The molecular weight excluding hydrogens is 384 g/mol. The summed E-state index contributed by atoms with van der Waals surface area (Å²) in [6.07, 6.45) is -6.15. The predicted octanol–water partition coefficient (Wildman–Crippen LogP) is 2.97. The van der Waals surface area contributed by atoms with Crippen molar-refractivity contribution in [2.45, 2.75) is 50.6 Å². The fourth-order valence-electron chi connectivity index (χ4n) is 2.41. The van der Waals surface area contributed by atoms with Gasteiger partial charge in [0, 0.05) is 26.1 Å². The molecule has 1 saturated heterocycles. The van der Waals surface area contributed by atoms with Crippen LogP contribution in [0.1, 0.15) is 26.2 Å². The fraction of sp³-hybridized carbons (Fsp3) is 0.938. The van der Waals surface area contributed by atoms with Crippen molar-refractivity contribution in [3.8, 4) is 0 Å². The van der Waals surface area contributed by atoms with Gasteiger partial charge in [-0.2, -0.15) is 17.6 Å². The zero-order valence-electron chi connectivity index (χ0n) is 15.1. The van der Waals surface area contributed by atoms with Gasteiger partial charge in [-0.15, -0.1) is 0 Å². The van der Waals surface area contributed by atoms with E-state index in [0.29, 0.717) is 32.7 Å². The monoisotopic (exact) mass is 409 g/mol. The summed E-state index contributed by atoms with van der Waals surface area (Å²) in [6.45, 7) is 1.58. The van der Waals surface area contributed by atoms with Gasteiger partial charge in [0.1, 0.15) is 12.7 Å². The molecule has 160 valence electrons. The summed E-state index contributed by atoms with van der Waals surface area (Å²) < 4.78 is 92.6. The lowest BCUT2D eigenvalue weighted by molar-refractivity contribution is -0.247. The number of hydrogen-bond acceptors (Lipinski definition) is 5. The third kappa shape index (κ3) is 8.65. The van der Waals surface area contributed by atoms with Gasteiger partial charge in [0.15, 0.2) is 0 Å². The van der Waals surface area contributed by atoms with Gasteiger partial charge in [-0.05, 0) is 6.42 Å². The van der Waals surface area contributed by atoms with Crippen LogP contribution in [0, 0.1) is 0 Å². The van der Waals surface area contributed by atoms with Gasteiger partial charge < -0.3 is 14.2 Å². The average molecular weight is 409 g/mol. The average Bonchev–Trinajstić information content (AvgIpc) is 2.54. The van der Waals surface area contributed by atoms with E-state index in [1.807, 2.05) is 4.90 Å². The van der Waals surface area contributed by atoms with Crippen LogP contribution >= 0.6 is 0 Å². The molecule has 0 bridgehead atoms. The minimum Gasteiger partial charge on any atom is -0.459 e. The van der Waals surface area contributed by atoms with E-state index in [9.17, 15) is 31.1 Å². The van der Waals surface area contributed by atoms with Crippen molar-refractivity contribution in [1.29, 1.82) is 0 Å². The van der Waals surface area contributed by atoms with E-state index in [-0.39, 0.29) is 13.0 Å². The van der Waals surface area contributed by atoms with E-state index in [2.05, 4.69) is 4.74 Å². The Balaban J connectivity index is 2.59. The summed E-state index contributed by atoms with van der Waals surface area (Å²) in [4.78, 5) is 13.5. The van der Waals surface area contributed by atoms with Gasteiger partial charge >= 0.3 is 17.8 Å². The normalized spacial score (nSPS) is 17.9. The Bertz CT molecular complexity index is 447. The molecule has 0 radical (unpaired) electrons. The second-order valence-electron chi connectivity index (χ2n) is 6.29. The number of morpholine rings is 1. The fourth-order valence-corrected chi connectivity index (χ4v) is 2.41. The van der Waals surface area contributed by atoms with E-state index in [1.165, 1.54) is 0 Å². The molecule has 27 heavy (non-hydrogen) atoms. The third-order valence-corrected chi connectivity index (χ3v) is 3.85. The van der Waals surface area contributed by atoms with Crippen LogP contribution in [0.3, 0.4) is 0 Å². The molecule has 1 fully saturated rings. The lowest BCUT2D eigenvalue weighted by Gasteiger charge is -2.31. The maximum atomic E-state index is 13.5. The van der Waals surface area contributed by atoms with Crippen LogP contribution in [0.5, 0.6) is 0 Å². The molecule has 1 rings (SSSR count). The molecular formula is C16H25F6NO4. The van der Waals surface area contributed by atoms with Crippen LogP contribution in [-0.2, 0) is 19.0 Å². The highest BCUT2D eigenvalue weighted by atomic mass is 19.3. The lowest BCUT2D eigenvalue weighted by atomic mass is 10.1. The van der Waals surface area contributed by atoms with E-state index >= 15 is 0 Å². The predicted molar refractivity (Wildman–Crippen MR) is 83.4 cm³/mol. The molecule has 1 aliphatic heterocycles. The van der Waals surface area contributed by atoms with Gasteiger partial charge in [-0.25, -0.2) is 8.78 Å². The zero-order valence-corrected chi connectivity index (χ0v) is 15.1. The first-order chi connectivity index (χ1) is 12.6. The first-order valence-electron chi connectivity index (χ1n) is 8.68. The first-order valence-corrected chi connectivity index (χ1v) is 8.68. The minimum absolute atomic E-state index is 0.113. The summed E-state index contributed by atoms with van der Waals surface area (Å²) in [7, 11) is 0. The second kappa shape index (κ2) is 11.1. The Labute approximate surface area is 153 Å². The number of carbonyl (C=O) groups excluding carboxylic acids is 1. The van der Waals surface area contributed by atoms with Crippen molar-refractivity contribution in [1.82, 2.24) is 4.90 Å². The Morgan fingerprint density at radius 3 is 2.33 bits per heavy atom. The van der Waals surface area contributed by atoms with Gasteiger partial charge in [0.25, 0.3) is 0 Å². The standard InChI is InChI=1S/C16H25F6NO4/c1-2-3-14(24)27-12(9-23-4-6-25-7-5-23)10-26-11-16(21,22)15(19,20)8-13(17)18/h12-13H,2-11H2,1H3. The summed E-state index contributed by atoms with van der Waals surface area (Å²) >= 11 is 0. The number of alkyl halides is 6. The van der Waals surface area contributed by atoms with E-state index in [4.69, 9.17) is 9.47 Å². The van der Waals surface area contributed by atoms with Crippen LogP contribution in [0.4, 0.5) is 26.3 Å². The number of esters is 1. The van der Waals surface area contributed by atoms with Gasteiger partial charge in [0.05, 0.1) is 26.2 Å². The quantitative estimate of drug-likeness (QED) is 0.366. The number of rotatable bonds is 12. The molecule has 0 spiro atoms. The summed E-state index contributed by atoms with van der Waals surface area (Å²) in [5.41, 5.74) is 0. The van der Waals surface area contributed by atoms with Crippen molar-refractivity contribution in [3.63, 3.8) is 0 Å². The molecule has 1 atom stereocenters. The molecule has 1 heterocycles. The van der Waals surface area contributed by atoms with Crippen molar-refractivity contribution >= 4 is 5.97 Å². The van der Waals surface area contributed by atoms with E-state index in [0.717, 1.165) is 0 Å². The van der Waals surface area contributed by atoms with Crippen LogP contribution in [0.15, 0.2) is 0 Å². The van der Waals surface area contributed by atoms with Gasteiger partial charge in [-0.3, -0.25) is 9.69 Å². The number of hydrogen-bond donors (Lipinski definition) is 0. The molecule has 1 aliphatic rings. The van der Waals surface area contributed by atoms with E-state index in [1.54, 1.807) is 6.92 Å². The maximum Gasteiger partial charge on any atom is 0.333 e. The molecule has 0 amide bonds. The van der Waals surface area contributed by atoms with Crippen molar-refractivity contribution in [2.75, 3.05) is 46.1 Å². The minimum atomic E-state index is -4.90. The Kier molecular flexibility index (Phi) is 9.82. The molecule has 0 aromatic heterocycles. The van der Waals surface area contributed by atoms with Crippen molar-refractivity contribution < 1.29 is 45.3 Å². The highest BCUT2D eigenvalue weighted by molar-refractivity contribution is 5.69. The summed E-state index contributed by atoms with van der Waals surface area (Å²) in [6, 6.07) is 0. The van der Waals surface area contributed by atoms with Crippen LogP contribution < -0.4 is 0 Å². The lowest BCUT2D eigenvalue weighted by Crippen LogP contribution is -2.47. The topological polar surface area (TPSA) is 48.0 Å². The largest absolute Gasteiger partial charge is 0.459 e. The van der Waals surface area contributed by atoms with Gasteiger partial charge in [-0.1, -0.05) is 6.92 Å². The highest BCUT2D eigenvalue weighted by Gasteiger charge is 2.57. The maximum absolute atomic E-state index is 13.5. The van der Waals surface area contributed by atoms with E-state index < -0.39 is 50.0 Å². The third-order valence-electron chi connectivity index (χ3n) is 3.85. The first kappa shape index (κ1) is 24.0. The molecule has 11 heteroatoms. The van der Waals surface area contributed by atoms with Crippen LogP contribution in [0.2, 0.25) is 0 Å². The summed E-state index contributed by atoms with van der Waals surface area (Å²) in [5.74, 6) is -10.2. The number of halogens is 6. The highest BCUT2D eigenvalue weighted by Crippen LogP contribution is 2.38. The van der Waals surface area contributed by atoms with Crippen LogP contribution in [-0.4, -0.2) is 81.3 Å². The van der Waals surface area contributed by atoms with Crippen molar-refractivity contribution in [3.05, 3.63) is 0 Å². The molecule has 0 aliphatic carbocycles. The number of nitrogens with zero attached hydrogens (tertiary/aromatic N) is 1. The SMILES string of the molecule is CCCC(=O)OC(COCC(F)(F)C(F)(F)CC(F)F)CN1CCOCC1. The second-order valence-corrected chi connectivity index (χ2v) is 6.29. The Morgan fingerprint density at radius 1 is 1.15 bits per heavy atom. The molecule has 0 aromatic carbocycles. The van der Waals surface area contributed by atoms with Gasteiger partial charge in [0.2, 0.25) is 6.43 Å². The van der Waals surface area contributed by atoms with Crippen molar-refractivity contribution in [2.24, 2.45) is 0 Å². The molecule has 0 aromatic rings. The molecule has 5 nitrogen and oxygen atoms in total. The van der Waals surface area contributed by atoms with Crippen LogP contribution in [0.25, 0.3) is 0 Å². The smallest absolute Gasteiger partial charge is 0.333 e.